The van der Waals surface area contributed by atoms with E-state index < -0.39 is 24.1 Å². The molecule has 6 heteroatoms. The van der Waals surface area contributed by atoms with Gasteiger partial charge in [0.05, 0.1) is 6.26 Å². The number of furan rings is 1. The minimum absolute atomic E-state index is 0.413. The lowest BCUT2D eigenvalue weighted by Gasteiger charge is -2.18. The number of carbonyl (C=O) groups is 2. The number of amides is 2. The monoisotopic (exact) mass is 210 g/mol. The van der Waals surface area contributed by atoms with Crippen LogP contribution in [0, 0.1) is 0 Å². The van der Waals surface area contributed by atoms with Gasteiger partial charge in [0.1, 0.15) is 11.8 Å². The summed E-state index contributed by atoms with van der Waals surface area (Å²) < 4.78 is 5.12. The number of hydrogen-bond acceptors (Lipinski definition) is 3. The molecule has 1 saturated heterocycles. The molecule has 0 saturated carbocycles. The molecule has 15 heavy (non-hydrogen) atoms. The maximum Gasteiger partial charge on any atom is 0.328 e. The van der Waals surface area contributed by atoms with E-state index >= 15 is 0 Å². The Morgan fingerprint density at radius 2 is 2.40 bits per heavy atom. The molecule has 1 fully saturated rings. The Labute approximate surface area is 85.5 Å². The molecule has 0 radical (unpaired) electrons. The second kappa shape index (κ2) is 3.30. The highest BCUT2D eigenvalue weighted by molar-refractivity contribution is 5.87. The van der Waals surface area contributed by atoms with Gasteiger partial charge in [0.2, 0.25) is 0 Å². The van der Waals surface area contributed by atoms with Crippen LogP contribution < -0.4 is 5.32 Å². The van der Waals surface area contributed by atoms with Crippen LogP contribution in [0.2, 0.25) is 0 Å². The van der Waals surface area contributed by atoms with Crippen molar-refractivity contribution in [3.8, 4) is 0 Å². The average Bonchev–Trinajstić information content (AvgIpc) is 2.76. The molecule has 2 amide bonds. The number of carboxylic acid groups (broad SMARTS) is 1. The molecular formula is C9H10N2O4. The van der Waals surface area contributed by atoms with E-state index in [1.54, 1.807) is 12.1 Å². The zero-order valence-corrected chi connectivity index (χ0v) is 8.01. The van der Waals surface area contributed by atoms with Gasteiger partial charge in [0, 0.05) is 7.05 Å². The molecule has 2 atom stereocenters. The van der Waals surface area contributed by atoms with Crippen LogP contribution in [-0.2, 0) is 4.79 Å². The van der Waals surface area contributed by atoms with Gasteiger partial charge < -0.3 is 19.7 Å². The third kappa shape index (κ3) is 1.43. The van der Waals surface area contributed by atoms with Crippen molar-refractivity contribution in [3.63, 3.8) is 0 Å². The van der Waals surface area contributed by atoms with E-state index in [2.05, 4.69) is 5.32 Å². The van der Waals surface area contributed by atoms with Gasteiger partial charge in [-0.15, -0.1) is 0 Å². The molecule has 2 N–H and O–H groups in total. The van der Waals surface area contributed by atoms with Crippen molar-refractivity contribution in [2.75, 3.05) is 7.05 Å². The number of carboxylic acids is 1. The molecule has 0 bridgehead atoms. The lowest BCUT2D eigenvalue weighted by molar-refractivity contribution is -0.139. The Balaban J connectivity index is 2.34. The number of urea groups is 1. The van der Waals surface area contributed by atoms with Gasteiger partial charge in [-0.05, 0) is 12.1 Å². The van der Waals surface area contributed by atoms with Crippen molar-refractivity contribution in [2.24, 2.45) is 0 Å². The largest absolute Gasteiger partial charge is 0.480 e. The van der Waals surface area contributed by atoms with E-state index in [1.807, 2.05) is 0 Å². The van der Waals surface area contributed by atoms with E-state index in [1.165, 1.54) is 18.2 Å². The van der Waals surface area contributed by atoms with E-state index in [0.717, 1.165) is 0 Å². The lowest BCUT2D eigenvalue weighted by atomic mass is 10.1. The second-order valence-corrected chi connectivity index (χ2v) is 3.34. The van der Waals surface area contributed by atoms with Gasteiger partial charge in [-0.3, -0.25) is 0 Å². The van der Waals surface area contributed by atoms with Gasteiger partial charge >= 0.3 is 12.0 Å². The second-order valence-electron chi connectivity index (χ2n) is 3.34. The molecule has 2 unspecified atom stereocenters. The summed E-state index contributed by atoms with van der Waals surface area (Å²) in [6.45, 7) is 0. The van der Waals surface area contributed by atoms with Crippen molar-refractivity contribution in [1.82, 2.24) is 10.2 Å². The zero-order chi connectivity index (χ0) is 11.0. The third-order valence-electron chi connectivity index (χ3n) is 2.43. The minimum atomic E-state index is -1.07. The Hall–Kier alpha value is -1.98. The normalized spacial score (nSPS) is 25.4. The highest BCUT2D eigenvalue weighted by Gasteiger charge is 2.43. The molecule has 0 aromatic carbocycles. The molecule has 2 rings (SSSR count). The summed E-state index contributed by atoms with van der Waals surface area (Å²) in [6, 6.07) is 1.34. The Morgan fingerprint density at radius 1 is 1.67 bits per heavy atom. The Kier molecular flexibility index (Phi) is 2.11. The van der Waals surface area contributed by atoms with Crippen molar-refractivity contribution >= 4 is 12.0 Å². The predicted octanol–water partition coefficient (Wildman–Crippen LogP) is 0.429. The fourth-order valence-electron chi connectivity index (χ4n) is 1.68. The van der Waals surface area contributed by atoms with E-state index in [0.29, 0.717) is 5.76 Å². The van der Waals surface area contributed by atoms with Gasteiger partial charge in [-0.2, -0.15) is 0 Å². The SMILES string of the molecule is CN1C(=O)NC(C(=O)O)C1c1ccco1. The van der Waals surface area contributed by atoms with Crippen LogP contribution in [-0.4, -0.2) is 35.1 Å². The van der Waals surface area contributed by atoms with Crippen LogP contribution in [0.4, 0.5) is 4.79 Å². The average molecular weight is 210 g/mol. The van der Waals surface area contributed by atoms with E-state index in [9.17, 15) is 9.59 Å². The van der Waals surface area contributed by atoms with Gasteiger partial charge in [-0.1, -0.05) is 0 Å². The Bertz CT molecular complexity index is 387. The first-order chi connectivity index (χ1) is 7.11. The predicted molar refractivity (Wildman–Crippen MR) is 49.2 cm³/mol. The minimum Gasteiger partial charge on any atom is -0.480 e. The molecule has 6 nitrogen and oxygen atoms in total. The van der Waals surface area contributed by atoms with Crippen molar-refractivity contribution in [1.29, 1.82) is 0 Å². The van der Waals surface area contributed by atoms with Crippen LogP contribution in [0.5, 0.6) is 0 Å². The first-order valence-corrected chi connectivity index (χ1v) is 4.41. The molecule has 80 valence electrons. The topological polar surface area (TPSA) is 82.8 Å². The first kappa shape index (κ1) is 9.57. The number of nitrogens with zero attached hydrogens (tertiary/aromatic N) is 1. The fourth-order valence-corrected chi connectivity index (χ4v) is 1.68. The van der Waals surface area contributed by atoms with Gasteiger partial charge in [0.15, 0.2) is 6.04 Å². The summed E-state index contributed by atoms with van der Waals surface area (Å²) in [7, 11) is 1.53. The number of aliphatic carboxylic acids is 1. The molecule has 1 aliphatic rings. The van der Waals surface area contributed by atoms with Crippen molar-refractivity contribution in [3.05, 3.63) is 24.2 Å². The number of nitrogens with one attached hydrogen (secondary N) is 1. The highest BCUT2D eigenvalue weighted by Crippen LogP contribution is 2.28. The van der Waals surface area contributed by atoms with Gasteiger partial charge in [0.25, 0.3) is 0 Å². The molecular weight excluding hydrogens is 200 g/mol. The Morgan fingerprint density at radius 3 is 2.93 bits per heavy atom. The molecule has 1 aliphatic heterocycles. The van der Waals surface area contributed by atoms with E-state index in [-0.39, 0.29) is 0 Å². The maximum atomic E-state index is 11.3. The van der Waals surface area contributed by atoms with Crippen LogP contribution >= 0.6 is 0 Å². The summed E-state index contributed by atoms with van der Waals surface area (Å²) >= 11 is 0. The summed E-state index contributed by atoms with van der Waals surface area (Å²) in [5, 5.41) is 11.3. The summed E-state index contributed by atoms with van der Waals surface area (Å²) in [4.78, 5) is 23.5. The third-order valence-corrected chi connectivity index (χ3v) is 2.43. The van der Waals surface area contributed by atoms with Crippen LogP contribution in [0.3, 0.4) is 0 Å². The number of carbonyl (C=O) groups excluding carboxylic acids is 1. The number of rotatable bonds is 2. The first-order valence-electron chi connectivity index (χ1n) is 4.41. The lowest BCUT2D eigenvalue weighted by Crippen LogP contribution is -2.35. The summed E-state index contributed by atoms with van der Waals surface area (Å²) in [5.41, 5.74) is 0. The van der Waals surface area contributed by atoms with Gasteiger partial charge in [-0.25, -0.2) is 9.59 Å². The fraction of sp³-hybridized carbons (Fsp3) is 0.333. The zero-order valence-electron chi connectivity index (χ0n) is 8.01. The molecule has 0 spiro atoms. The highest BCUT2D eigenvalue weighted by atomic mass is 16.4. The molecule has 0 aliphatic carbocycles. The van der Waals surface area contributed by atoms with Crippen LogP contribution in [0.15, 0.2) is 22.8 Å². The number of likely N-dealkylation sites (N-methyl/N-ethyl adjacent to an activating group) is 1. The van der Waals surface area contributed by atoms with Crippen LogP contribution in [0.1, 0.15) is 11.8 Å². The van der Waals surface area contributed by atoms with Crippen molar-refractivity contribution in [2.45, 2.75) is 12.1 Å². The van der Waals surface area contributed by atoms with Crippen molar-refractivity contribution < 1.29 is 19.1 Å². The van der Waals surface area contributed by atoms with Crippen LogP contribution in [0.25, 0.3) is 0 Å². The summed E-state index contributed by atoms with van der Waals surface area (Å²) in [5.74, 6) is -0.614. The number of hydrogen-bond donors (Lipinski definition) is 2. The smallest absolute Gasteiger partial charge is 0.328 e. The van der Waals surface area contributed by atoms with E-state index in [4.69, 9.17) is 9.52 Å². The standard InChI is InChI=1S/C9H10N2O4/c1-11-7(5-3-2-4-15-5)6(8(12)13)10-9(11)14/h2-4,6-7H,1H3,(H,10,14)(H,12,13). The quantitative estimate of drug-likeness (QED) is 0.741. The molecule has 1 aromatic heterocycles. The summed E-state index contributed by atoms with van der Waals surface area (Å²) in [6.07, 6.45) is 1.45. The molecule has 2 heterocycles. The molecule has 1 aromatic rings. The maximum absolute atomic E-state index is 11.3.